The molecule has 208 valence electrons. The molecule has 2 amide bonds. The fourth-order valence-electron chi connectivity index (χ4n) is 4.08. The van der Waals surface area contributed by atoms with Gasteiger partial charge in [0, 0.05) is 11.6 Å². The molecule has 2 N–H and O–H groups in total. The van der Waals surface area contributed by atoms with Gasteiger partial charge in [0.2, 0.25) is 15.9 Å². The molecule has 0 saturated carbocycles. The molecule has 0 heterocycles. The number of benzene rings is 3. The number of hydrogen-bond donors (Lipinski definition) is 2. The van der Waals surface area contributed by atoms with Crippen molar-refractivity contribution in [3.05, 3.63) is 82.4 Å². The van der Waals surface area contributed by atoms with Crippen LogP contribution in [-0.4, -0.2) is 53.3 Å². The van der Waals surface area contributed by atoms with E-state index in [0.29, 0.717) is 40.7 Å². The van der Waals surface area contributed by atoms with E-state index in [9.17, 15) is 18.0 Å². The van der Waals surface area contributed by atoms with Gasteiger partial charge in [0.25, 0.3) is 5.91 Å². The molecule has 0 aliphatic heterocycles. The van der Waals surface area contributed by atoms with E-state index in [2.05, 4.69) is 10.6 Å². The second kappa shape index (κ2) is 12.9. The highest BCUT2D eigenvalue weighted by molar-refractivity contribution is 7.92. The second-order valence-corrected chi connectivity index (χ2v) is 11.2. The summed E-state index contributed by atoms with van der Waals surface area (Å²) >= 11 is 6.11. The van der Waals surface area contributed by atoms with Crippen LogP contribution in [0.4, 0.5) is 11.4 Å². The molecule has 0 saturated heterocycles. The van der Waals surface area contributed by atoms with E-state index >= 15 is 0 Å². The highest BCUT2D eigenvalue weighted by atomic mass is 35.5. The van der Waals surface area contributed by atoms with Gasteiger partial charge in [0.05, 0.1) is 37.4 Å². The first kappa shape index (κ1) is 29.8. The lowest BCUT2D eigenvalue weighted by Crippen LogP contribution is -2.46. The minimum atomic E-state index is -3.85. The van der Waals surface area contributed by atoms with Crippen molar-refractivity contribution in [3.8, 4) is 11.5 Å². The molecule has 39 heavy (non-hydrogen) atoms. The summed E-state index contributed by atoms with van der Waals surface area (Å²) in [6.07, 6.45) is 1.57. The van der Waals surface area contributed by atoms with Crippen molar-refractivity contribution in [1.82, 2.24) is 5.32 Å². The third kappa shape index (κ3) is 7.42. The number of halogens is 1. The van der Waals surface area contributed by atoms with E-state index in [1.807, 2.05) is 12.1 Å². The molecule has 0 aliphatic carbocycles. The molecule has 3 aromatic carbocycles. The van der Waals surface area contributed by atoms with Gasteiger partial charge in [-0.25, -0.2) is 8.42 Å². The summed E-state index contributed by atoms with van der Waals surface area (Å²) < 4.78 is 37.0. The van der Waals surface area contributed by atoms with Gasteiger partial charge in [0.1, 0.15) is 6.04 Å². The van der Waals surface area contributed by atoms with Crippen molar-refractivity contribution in [2.24, 2.45) is 0 Å². The fraction of sp³-hybridized carbons (Fsp3) is 0.286. The van der Waals surface area contributed by atoms with Crippen LogP contribution >= 0.6 is 11.6 Å². The molecular formula is C28H32ClN3O6S. The number of nitrogens with one attached hydrogen (secondary N) is 2. The van der Waals surface area contributed by atoms with Crippen LogP contribution in [0.3, 0.4) is 0 Å². The van der Waals surface area contributed by atoms with Crippen molar-refractivity contribution < 1.29 is 27.5 Å². The number of amides is 2. The van der Waals surface area contributed by atoms with Crippen LogP contribution in [-0.2, 0) is 21.2 Å². The second-order valence-electron chi connectivity index (χ2n) is 8.90. The molecule has 0 aliphatic rings. The van der Waals surface area contributed by atoms with Gasteiger partial charge in [-0.2, -0.15) is 0 Å². The van der Waals surface area contributed by atoms with Crippen molar-refractivity contribution in [2.45, 2.75) is 26.3 Å². The highest BCUT2D eigenvalue weighted by Crippen LogP contribution is 2.29. The molecule has 11 heteroatoms. The third-order valence-corrected chi connectivity index (χ3v) is 7.54. The summed E-state index contributed by atoms with van der Waals surface area (Å²) in [5, 5.41) is 5.91. The van der Waals surface area contributed by atoms with E-state index in [1.165, 1.54) is 13.0 Å². The van der Waals surface area contributed by atoms with Gasteiger partial charge in [-0.1, -0.05) is 35.9 Å². The maximum Gasteiger partial charge on any atom is 0.253 e. The first-order chi connectivity index (χ1) is 18.5. The molecule has 0 bridgehead atoms. The first-order valence-corrected chi connectivity index (χ1v) is 14.3. The summed E-state index contributed by atoms with van der Waals surface area (Å²) in [6.45, 7) is 3.54. The van der Waals surface area contributed by atoms with E-state index in [1.54, 1.807) is 63.6 Å². The van der Waals surface area contributed by atoms with Gasteiger partial charge in [-0.3, -0.25) is 13.9 Å². The molecule has 0 spiro atoms. The minimum absolute atomic E-state index is 0.246. The minimum Gasteiger partial charge on any atom is -0.493 e. The SMILES string of the molecule is COc1ccc(CCNC(=O)c2ccccc2NC(=O)[C@H](C)N(c2cc(Cl)ccc2C)S(C)(=O)=O)cc1OC. The van der Waals surface area contributed by atoms with Crippen molar-refractivity contribution in [2.75, 3.05) is 36.6 Å². The Balaban J connectivity index is 1.74. The van der Waals surface area contributed by atoms with E-state index in [-0.39, 0.29) is 17.2 Å². The van der Waals surface area contributed by atoms with Crippen LogP contribution in [0.1, 0.15) is 28.4 Å². The number of anilines is 2. The lowest BCUT2D eigenvalue weighted by atomic mass is 10.1. The summed E-state index contributed by atoms with van der Waals surface area (Å²) in [7, 11) is -0.733. The Morgan fingerprint density at radius 3 is 2.36 bits per heavy atom. The molecular weight excluding hydrogens is 542 g/mol. The average molecular weight is 574 g/mol. The molecule has 3 aromatic rings. The van der Waals surface area contributed by atoms with Crippen LogP contribution in [0, 0.1) is 6.92 Å². The molecule has 3 rings (SSSR count). The Hall–Kier alpha value is -3.76. The highest BCUT2D eigenvalue weighted by Gasteiger charge is 2.31. The van der Waals surface area contributed by atoms with Crippen LogP contribution in [0.5, 0.6) is 11.5 Å². The topological polar surface area (TPSA) is 114 Å². The zero-order chi connectivity index (χ0) is 28.7. The zero-order valence-corrected chi connectivity index (χ0v) is 24.0. The third-order valence-electron chi connectivity index (χ3n) is 6.07. The maximum atomic E-state index is 13.3. The number of carbonyl (C=O) groups is 2. The van der Waals surface area contributed by atoms with E-state index in [4.69, 9.17) is 21.1 Å². The predicted octanol–water partition coefficient (Wildman–Crippen LogP) is 4.43. The number of nitrogens with zero attached hydrogens (tertiary/aromatic N) is 1. The quantitative estimate of drug-likeness (QED) is 0.351. The molecule has 1 atom stereocenters. The molecule has 0 unspecified atom stereocenters. The predicted molar refractivity (Wildman–Crippen MR) is 154 cm³/mol. The maximum absolute atomic E-state index is 13.3. The lowest BCUT2D eigenvalue weighted by molar-refractivity contribution is -0.116. The number of ether oxygens (including phenoxy) is 2. The van der Waals surface area contributed by atoms with Gasteiger partial charge in [-0.05, 0) is 67.8 Å². The molecule has 9 nitrogen and oxygen atoms in total. The Bertz CT molecular complexity index is 1460. The standard InChI is InChI=1S/C28H32ClN3O6S/c1-18-10-12-21(29)17-24(18)32(39(5,35)36)19(2)27(33)31-23-9-7-6-8-22(23)28(34)30-15-14-20-11-13-25(37-3)26(16-20)38-4/h6-13,16-17,19H,14-15H2,1-5H3,(H,30,34)(H,31,33)/t19-/m0/s1. The Kier molecular flexibility index (Phi) is 9.82. The smallest absolute Gasteiger partial charge is 0.253 e. The van der Waals surface area contributed by atoms with Crippen molar-refractivity contribution >= 4 is 44.8 Å². The van der Waals surface area contributed by atoms with Crippen molar-refractivity contribution in [1.29, 1.82) is 0 Å². The summed E-state index contributed by atoms with van der Waals surface area (Å²) in [6, 6.07) is 15.8. The summed E-state index contributed by atoms with van der Waals surface area (Å²) in [4.78, 5) is 26.3. The first-order valence-electron chi connectivity index (χ1n) is 12.1. The Labute approximate surface area is 234 Å². The molecule has 0 radical (unpaired) electrons. The monoisotopic (exact) mass is 573 g/mol. The average Bonchev–Trinajstić information content (AvgIpc) is 2.90. The molecule has 0 fully saturated rings. The normalized spacial score (nSPS) is 11.8. The number of hydrogen-bond acceptors (Lipinski definition) is 6. The van der Waals surface area contributed by atoms with Gasteiger partial charge in [-0.15, -0.1) is 0 Å². The number of rotatable bonds is 11. The summed E-state index contributed by atoms with van der Waals surface area (Å²) in [5.74, 6) is 0.221. The van der Waals surface area contributed by atoms with Crippen LogP contribution < -0.4 is 24.4 Å². The number of carbonyl (C=O) groups excluding carboxylic acids is 2. The van der Waals surface area contributed by atoms with Crippen LogP contribution in [0.15, 0.2) is 60.7 Å². The number of aryl methyl sites for hydroxylation is 1. The zero-order valence-electron chi connectivity index (χ0n) is 22.4. The van der Waals surface area contributed by atoms with Gasteiger partial charge >= 0.3 is 0 Å². The fourth-order valence-corrected chi connectivity index (χ4v) is 5.47. The Morgan fingerprint density at radius 1 is 1.00 bits per heavy atom. The van der Waals surface area contributed by atoms with E-state index in [0.717, 1.165) is 16.1 Å². The van der Waals surface area contributed by atoms with Crippen molar-refractivity contribution in [3.63, 3.8) is 0 Å². The van der Waals surface area contributed by atoms with E-state index < -0.39 is 22.0 Å². The number of sulfonamides is 1. The molecule has 0 aromatic heterocycles. The van der Waals surface area contributed by atoms with Crippen LogP contribution in [0.2, 0.25) is 5.02 Å². The largest absolute Gasteiger partial charge is 0.493 e. The van der Waals surface area contributed by atoms with Gasteiger partial charge < -0.3 is 20.1 Å². The number of para-hydroxylation sites is 1. The van der Waals surface area contributed by atoms with Crippen LogP contribution in [0.25, 0.3) is 0 Å². The Morgan fingerprint density at radius 2 is 1.69 bits per heavy atom. The summed E-state index contributed by atoms with van der Waals surface area (Å²) in [5.41, 5.74) is 2.39. The number of methoxy groups -OCH3 is 2. The van der Waals surface area contributed by atoms with Gasteiger partial charge in [0.15, 0.2) is 11.5 Å². The lowest BCUT2D eigenvalue weighted by Gasteiger charge is -2.29.